The quantitative estimate of drug-likeness (QED) is 0.648. The maximum Gasteiger partial charge on any atom is 0.124 e. The molecule has 1 aliphatic carbocycles. The van der Waals surface area contributed by atoms with Gasteiger partial charge in [0.25, 0.3) is 0 Å². The predicted molar refractivity (Wildman–Crippen MR) is 97.1 cm³/mol. The van der Waals surface area contributed by atoms with Gasteiger partial charge in [0.2, 0.25) is 0 Å². The molecule has 3 unspecified atom stereocenters. The minimum absolute atomic E-state index is 0.292. The van der Waals surface area contributed by atoms with Crippen LogP contribution < -0.4 is 10.1 Å². The van der Waals surface area contributed by atoms with Gasteiger partial charge in [-0.05, 0) is 32.3 Å². The van der Waals surface area contributed by atoms with Crippen LogP contribution in [0.25, 0.3) is 0 Å². The largest absolute Gasteiger partial charge is 0.488 e. The topological polar surface area (TPSA) is 61.7 Å². The fourth-order valence-corrected chi connectivity index (χ4v) is 3.48. The van der Waals surface area contributed by atoms with Crippen LogP contribution in [-0.4, -0.2) is 35.1 Å². The van der Waals surface area contributed by atoms with Gasteiger partial charge in [0.15, 0.2) is 0 Å². The molecule has 136 valence electrons. The minimum atomic E-state index is -0.865. The molecular formula is C20H33NO3. The van der Waals surface area contributed by atoms with E-state index in [1.54, 1.807) is 6.92 Å². The minimum Gasteiger partial charge on any atom is -0.488 e. The number of hydrogen-bond donors (Lipinski definition) is 3. The first-order valence-corrected chi connectivity index (χ1v) is 9.37. The summed E-state index contributed by atoms with van der Waals surface area (Å²) >= 11 is 0. The Morgan fingerprint density at radius 3 is 2.58 bits per heavy atom. The Morgan fingerprint density at radius 2 is 1.88 bits per heavy atom. The molecule has 0 amide bonds. The molecule has 0 saturated heterocycles. The Kier molecular flexibility index (Phi) is 8.03. The van der Waals surface area contributed by atoms with Crippen molar-refractivity contribution in [2.24, 2.45) is 5.92 Å². The van der Waals surface area contributed by atoms with Crippen molar-refractivity contribution in [2.45, 2.75) is 77.2 Å². The molecule has 1 fully saturated rings. The molecule has 0 aliphatic heterocycles. The summed E-state index contributed by atoms with van der Waals surface area (Å²) in [6, 6.07) is 8.39. The van der Waals surface area contributed by atoms with E-state index in [9.17, 15) is 5.11 Å². The highest BCUT2D eigenvalue weighted by atomic mass is 16.5. The molecule has 1 aromatic carbocycles. The van der Waals surface area contributed by atoms with E-state index in [1.807, 2.05) is 24.3 Å². The van der Waals surface area contributed by atoms with E-state index in [-0.39, 0.29) is 6.61 Å². The summed E-state index contributed by atoms with van der Waals surface area (Å²) in [6.07, 6.45) is 6.87. The third-order valence-corrected chi connectivity index (χ3v) is 5.07. The lowest BCUT2D eigenvalue weighted by Gasteiger charge is -2.26. The fraction of sp³-hybridized carbons (Fsp3) is 0.700. The van der Waals surface area contributed by atoms with Crippen LogP contribution in [0.4, 0.5) is 0 Å². The van der Waals surface area contributed by atoms with Crippen LogP contribution in [0, 0.1) is 5.92 Å². The zero-order valence-corrected chi connectivity index (χ0v) is 15.1. The monoisotopic (exact) mass is 335 g/mol. The number of benzene rings is 1. The van der Waals surface area contributed by atoms with Gasteiger partial charge in [0, 0.05) is 18.2 Å². The van der Waals surface area contributed by atoms with Crippen LogP contribution in [0.5, 0.6) is 5.75 Å². The van der Waals surface area contributed by atoms with Gasteiger partial charge >= 0.3 is 0 Å². The Bertz CT molecular complexity index is 474. The van der Waals surface area contributed by atoms with Crippen molar-refractivity contribution in [3.63, 3.8) is 0 Å². The number of aliphatic hydroxyl groups is 2. The van der Waals surface area contributed by atoms with Gasteiger partial charge < -0.3 is 20.3 Å². The zero-order chi connectivity index (χ0) is 17.4. The molecule has 1 saturated carbocycles. The van der Waals surface area contributed by atoms with E-state index in [2.05, 4.69) is 12.2 Å². The average molecular weight is 335 g/mol. The van der Waals surface area contributed by atoms with Crippen molar-refractivity contribution < 1.29 is 14.9 Å². The maximum absolute atomic E-state index is 9.69. The lowest BCUT2D eigenvalue weighted by atomic mass is 9.85. The van der Waals surface area contributed by atoms with Crippen molar-refractivity contribution in [2.75, 3.05) is 6.61 Å². The van der Waals surface area contributed by atoms with E-state index in [4.69, 9.17) is 9.84 Å². The van der Waals surface area contributed by atoms with Gasteiger partial charge in [-0.3, -0.25) is 0 Å². The third-order valence-electron chi connectivity index (χ3n) is 5.07. The molecule has 1 aliphatic rings. The first kappa shape index (κ1) is 19.2. The number of ether oxygens (including phenoxy) is 1. The maximum atomic E-state index is 9.69. The van der Waals surface area contributed by atoms with Crippen LogP contribution in [0.1, 0.15) is 57.9 Å². The molecule has 3 N–H and O–H groups in total. The van der Waals surface area contributed by atoms with Crippen LogP contribution in [0.2, 0.25) is 0 Å². The van der Waals surface area contributed by atoms with Crippen molar-refractivity contribution >= 4 is 0 Å². The molecule has 0 heterocycles. The molecule has 0 bridgehead atoms. The smallest absolute Gasteiger partial charge is 0.124 e. The van der Waals surface area contributed by atoms with Gasteiger partial charge in [-0.25, -0.2) is 0 Å². The second kappa shape index (κ2) is 10.0. The summed E-state index contributed by atoms with van der Waals surface area (Å²) in [6.45, 7) is 4.50. The van der Waals surface area contributed by atoms with E-state index < -0.39 is 12.2 Å². The highest BCUT2D eigenvalue weighted by Crippen LogP contribution is 2.27. The van der Waals surface area contributed by atoms with E-state index in [0.29, 0.717) is 6.04 Å². The molecule has 3 atom stereocenters. The van der Waals surface area contributed by atoms with E-state index in [0.717, 1.165) is 23.8 Å². The van der Waals surface area contributed by atoms with Crippen molar-refractivity contribution in [1.29, 1.82) is 0 Å². The third kappa shape index (κ3) is 6.08. The standard InChI is InChI=1S/C20H33NO3/c1-15(12-17-8-4-3-5-9-17)21-13-18-10-6-7-11-20(18)24-16(2)19(23)14-22/h6-7,10-11,15-17,19,21-23H,3-5,8-9,12-14H2,1-2H3. The second-order valence-electron chi connectivity index (χ2n) is 7.20. The summed E-state index contributed by atoms with van der Waals surface area (Å²) < 4.78 is 5.83. The summed E-state index contributed by atoms with van der Waals surface area (Å²) in [4.78, 5) is 0. The second-order valence-corrected chi connectivity index (χ2v) is 7.20. The van der Waals surface area contributed by atoms with Gasteiger partial charge in [0.05, 0.1) is 6.61 Å². The summed E-state index contributed by atoms with van der Waals surface area (Å²) in [5.41, 5.74) is 1.09. The number of nitrogens with one attached hydrogen (secondary N) is 1. The first-order valence-electron chi connectivity index (χ1n) is 9.37. The molecule has 0 aromatic heterocycles. The lowest BCUT2D eigenvalue weighted by molar-refractivity contribution is 0.00773. The summed E-state index contributed by atoms with van der Waals surface area (Å²) in [7, 11) is 0. The molecule has 0 spiro atoms. The average Bonchev–Trinajstić information content (AvgIpc) is 2.61. The van der Waals surface area contributed by atoms with E-state index in [1.165, 1.54) is 38.5 Å². The van der Waals surface area contributed by atoms with E-state index >= 15 is 0 Å². The van der Waals surface area contributed by atoms with Crippen LogP contribution in [-0.2, 0) is 6.54 Å². The number of aliphatic hydroxyl groups excluding tert-OH is 2. The Labute approximate surface area is 146 Å². The Hall–Kier alpha value is -1.10. The van der Waals surface area contributed by atoms with Crippen LogP contribution in [0.3, 0.4) is 0 Å². The SMILES string of the molecule is CC(CC1CCCCC1)NCc1ccccc1OC(C)C(O)CO. The summed E-state index contributed by atoms with van der Waals surface area (Å²) in [5.74, 6) is 1.64. The molecule has 0 radical (unpaired) electrons. The van der Waals surface area contributed by atoms with Crippen molar-refractivity contribution in [1.82, 2.24) is 5.32 Å². The number of rotatable bonds is 9. The molecule has 4 heteroatoms. The highest BCUT2D eigenvalue weighted by Gasteiger charge is 2.18. The van der Waals surface area contributed by atoms with Gasteiger partial charge in [-0.15, -0.1) is 0 Å². The molecule has 1 aromatic rings. The molecular weight excluding hydrogens is 302 g/mol. The highest BCUT2D eigenvalue weighted by molar-refractivity contribution is 5.33. The van der Waals surface area contributed by atoms with Crippen LogP contribution in [0.15, 0.2) is 24.3 Å². The number of hydrogen-bond acceptors (Lipinski definition) is 4. The Morgan fingerprint density at radius 1 is 1.17 bits per heavy atom. The van der Waals surface area contributed by atoms with Crippen LogP contribution >= 0.6 is 0 Å². The van der Waals surface area contributed by atoms with Crippen molar-refractivity contribution in [3.8, 4) is 5.75 Å². The normalized spacial score (nSPS) is 19.7. The van der Waals surface area contributed by atoms with Gasteiger partial charge in [-0.2, -0.15) is 0 Å². The van der Waals surface area contributed by atoms with Gasteiger partial charge in [-0.1, -0.05) is 50.3 Å². The number of para-hydroxylation sites is 1. The Balaban J connectivity index is 1.85. The summed E-state index contributed by atoms with van der Waals surface area (Å²) in [5, 5.41) is 22.3. The molecule has 4 nitrogen and oxygen atoms in total. The molecule has 24 heavy (non-hydrogen) atoms. The predicted octanol–water partition coefficient (Wildman–Crippen LogP) is 3.26. The zero-order valence-electron chi connectivity index (χ0n) is 15.1. The van der Waals surface area contributed by atoms with Gasteiger partial charge in [0.1, 0.15) is 18.0 Å². The fourth-order valence-electron chi connectivity index (χ4n) is 3.48. The molecule has 2 rings (SSSR count). The lowest BCUT2D eigenvalue weighted by Crippen LogP contribution is -2.32. The first-order chi connectivity index (χ1) is 11.6. The van der Waals surface area contributed by atoms with Crippen molar-refractivity contribution in [3.05, 3.63) is 29.8 Å².